The summed E-state index contributed by atoms with van der Waals surface area (Å²) < 4.78 is 5.34. The van der Waals surface area contributed by atoms with Gasteiger partial charge >= 0.3 is 5.97 Å². The van der Waals surface area contributed by atoms with E-state index in [1.807, 2.05) is 18.2 Å². The Bertz CT molecular complexity index is 398. The van der Waals surface area contributed by atoms with Crippen LogP contribution in [-0.2, 0) is 4.79 Å². The minimum absolute atomic E-state index is 0.0612. The van der Waals surface area contributed by atoms with Gasteiger partial charge in [0.25, 0.3) is 0 Å². The Morgan fingerprint density at radius 1 is 1.50 bits per heavy atom. The number of carboxylic acid groups (broad SMARTS) is 1. The molecule has 0 radical (unpaired) electrons. The molecule has 2 rings (SSSR count). The van der Waals surface area contributed by atoms with Crippen molar-refractivity contribution in [2.45, 2.75) is 6.42 Å². The summed E-state index contributed by atoms with van der Waals surface area (Å²) in [4.78, 5) is 14.6. The number of carbonyl (C=O) groups is 1. The summed E-state index contributed by atoms with van der Waals surface area (Å²) in [6.45, 7) is 0.267. The number of rotatable bonds is 2. The number of para-hydroxylation sites is 2. The van der Waals surface area contributed by atoms with Gasteiger partial charge in [0, 0.05) is 0 Å². The third-order valence-electron chi connectivity index (χ3n) is 1.89. The van der Waals surface area contributed by atoms with Crippen LogP contribution in [-0.4, -0.2) is 23.4 Å². The summed E-state index contributed by atoms with van der Waals surface area (Å²) in [5.74, 6) is -0.173. The van der Waals surface area contributed by atoms with Crippen molar-refractivity contribution < 1.29 is 14.6 Å². The average Bonchev–Trinajstić information content (AvgIpc) is 2.17. The Labute approximate surface area is 80.8 Å². The average molecular weight is 191 g/mol. The Morgan fingerprint density at radius 3 is 3.07 bits per heavy atom. The Kier molecular flexibility index (Phi) is 2.18. The zero-order valence-electron chi connectivity index (χ0n) is 7.43. The number of fused-ring (bicyclic) bond motifs is 1. The number of benzene rings is 1. The number of nitrogens with zero attached hydrogens (tertiary/aromatic N) is 1. The van der Waals surface area contributed by atoms with E-state index < -0.39 is 5.97 Å². The second kappa shape index (κ2) is 3.49. The molecule has 0 saturated carbocycles. The normalized spacial score (nSPS) is 13.9. The van der Waals surface area contributed by atoms with Crippen molar-refractivity contribution in [1.29, 1.82) is 0 Å². The lowest BCUT2D eigenvalue weighted by Gasteiger charge is -2.15. The number of ether oxygens (including phenoxy) is 1. The molecule has 72 valence electrons. The predicted molar refractivity (Wildman–Crippen MR) is 51.3 cm³/mol. The highest BCUT2D eigenvalue weighted by Crippen LogP contribution is 2.29. The van der Waals surface area contributed by atoms with Crippen LogP contribution in [0, 0.1) is 0 Å². The van der Waals surface area contributed by atoms with Crippen LogP contribution in [0.4, 0.5) is 5.69 Å². The van der Waals surface area contributed by atoms with Crippen molar-refractivity contribution in [2.75, 3.05) is 6.61 Å². The third kappa shape index (κ3) is 1.74. The van der Waals surface area contributed by atoms with E-state index in [-0.39, 0.29) is 13.0 Å². The largest absolute Gasteiger partial charge is 0.485 e. The lowest BCUT2D eigenvalue weighted by molar-refractivity contribution is -0.135. The van der Waals surface area contributed by atoms with Crippen LogP contribution in [0.1, 0.15) is 6.42 Å². The molecule has 0 unspecified atom stereocenters. The molecule has 14 heavy (non-hydrogen) atoms. The first-order valence-corrected chi connectivity index (χ1v) is 4.26. The molecule has 0 aliphatic carbocycles. The standard InChI is InChI=1S/C10H9NO3/c12-10(13)5-7-6-14-9-4-2-1-3-8(9)11-7/h1-4H,5-6H2,(H,12,13). The van der Waals surface area contributed by atoms with Crippen LogP contribution in [0.15, 0.2) is 29.3 Å². The number of hydrogen-bond acceptors (Lipinski definition) is 3. The molecule has 1 heterocycles. The van der Waals surface area contributed by atoms with E-state index in [2.05, 4.69) is 4.99 Å². The fraction of sp³-hybridized carbons (Fsp3) is 0.200. The van der Waals surface area contributed by atoms with Gasteiger partial charge in [0.2, 0.25) is 0 Å². The second-order valence-corrected chi connectivity index (χ2v) is 3.00. The molecule has 0 aromatic heterocycles. The van der Waals surface area contributed by atoms with E-state index in [9.17, 15) is 4.79 Å². The summed E-state index contributed by atoms with van der Waals surface area (Å²) in [6, 6.07) is 7.32. The first-order chi connectivity index (χ1) is 6.75. The first kappa shape index (κ1) is 8.74. The zero-order valence-corrected chi connectivity index (χ0v) is 7.43. The highest BCUT2D eigenvalue weighted by molar-refractivity contribution is 6.01. The Morgan fingerprint density at radius 2 is 2.29 bits per heavy atom. The highest BCUT2D eigenvalue weighted by atomic mass is 16.5. The molecule has 1 N–H and O–H groups in total. The fourth-order valence-electron chi connectivity index (χ4n) is 1.30. The van der Waals surface area contributed by atoms with Crippen LogP contribution < -0.4 is 4.74 Å². The lowest BCUT2D eigenvalue weighted by Crippen LogP contribution is -2.18. The fourth-order valence-corrected chi connectivity index (χ4v) is 1.30. The number of aliphatic carboxylic acids is 1. The van der Waals surface area contributed by atoms with Gasteiger partial charge < -0.3 is 9.84 Å². The lowest BCUT2D eigenvalue weighted by atomic mass is 10.2. The van der Waals surface area contributed by atoms with E-state index in [4.69, 9.17) is 9.84 Å². The zero-order chi connectivity index (χ0) is 9.97. The van der Waals surface area contributed by atoms with Gasteiger partial charge in [-0.2, -0.15) is 0 Å². The van der Waals surface area contributed by atoms with Crippen molar-refractivity contribution in [3.8, 4) is 5.75 Å². The molecule has 1 aromatic carbocycles. The van der Waals surface area contributed by atoms with Crippen LogP contribution in [0.2, 0.25) is 0 Å². The van der Waals surface area contributed by atoms with Crippen LogP contribution in [0.3, 0.4) is 0 Å². The molecule has 4 nitrogen and oxygen atoms in total. The predicted octanol–water partition coefficient (Wildman–Crippen LogP) is 1.63. The van der Waals surface area contributed by atoms with Gasteiger partial charge in [0.1, 0.15) is 18.0 Å². The first-order valence-electron chi connectivity index (χ1n) is 4.26. The maximum absolute atomic E-state index is 10.4. The van der Waals surface area contributed by atoms with E-state index in [1.54, 1.807) is 6.07 Å². The molecule has 1 aliphatic heterocycles. The number of hydrogen-bond donors (Lipinski definition) is 1. The monoisotopic (exact) mass is 191 g/mol. The van der Waals surface area contributed by atoms with Crippen LogP contribution in [0.5, 0.6) is 5.75 Å². The smallest absolute Gasteiger partial charge is 0.309 e. The second-order valence-electron chi connectivity index (χ2n) is 3.00. The molecule has 0 saturated heterocycles. The van der Waals surface area contributed by atoms with E-state index >= 15 is 0 Å². The van der Waals surface area contributed by atoms with E-state index in [1.165, 1.54) is 0 Å². The summed E-state index contributed by atoms with van der Waals surface area (Å²) >= 11 is 0. The van der Waals surface area contributed by atoms with Crippen molar-refractivity contribution in [3.63, 3.8) is 0 Å². The minimum atomic E-state index is -0.883. The number of carboxylic acids is 1. The molecule has 0 fully saturated rings. The third-order valence-corrected chi connectivity index (χ3v) is 1.89. The van der Waals surface area contributed by atoms with Crippen LogP contribution in [0.25, 0.3) is 0 Å². The van der Waals surface area contributed by atoms with Gasteiger partial charge in [-0.05, 0) is 12.1 Å². The quantitative estimate of drug-likeness (QED) is 0.772. The van der Waals surface area contributed by atoms with Gasteiger partial charge in [-0.15, -0.1) is 0 Å². The van der Waals surface area contributed by atoms with E-state index in [0.717, 1.165) is 0 Å². The maximum Gasteiger partial charge on any atom is 0.309 e. The highest BCUT2D eigenvalue weighted by Gasteiger charge is 2.14. The molecule has 1 aliphatic rings. The molecule has 0 bridgehead atoms. The van der Waals surface area contributed by atoms with Crippen LogP contribution >= 0.6 is 0 Å². The topological polar surface area (TPSA) is 58.9 Å². The van der Waals surface area contributed by atoms with Gasteiger partial charge in [-0.25, -0.2) is 4.99 Å². The van der Waals surface area contributed by atoms with Gasteiger partial charge in [-0.1, -0.05) is 12.1 Å². The van der Waals surface area contributed by atoms with Gasteiger partial charge in [0.05, 0.1) is 12.1 Å². The van der Waals surface area contributed by atoms with E-state index in [0.29, 0.717) is 17.1 Å². The molecular formula is C10H9NO3. The van der Waals surface area contributed by atoms with Crippen molar-refractivity contribution in [3.05, 3.63) is 24.3 Å². The summed E-state index contributed by atoms with van der Waals surface area (Å²) in [7, 11) is 0. The summed E-state index contributed by atoms with van der Waals surface area (Å²) in [5, 5.41) is 8.58. The molecule has 1 aromatic rings. The summed E-state index contributed by atoms with van der Waals surface area (Å²) in [6.07, 6.45) is -0.0612. The molecule has 0 spiro atoms. The molecule has 0 amide bonds. The molecule has 0 atom stereocenters. The maximum atomic E-state index is 10.4. The Hall–Kier alpha value is -1.84. The molecule has 4 heteroatoms. The van der Waals surface area contributed by atoms with Crippen molar-refractivity contribution in [1.82, 2.24) is 0 Å². The minimum Gasteiger partial charge on any atom is -0.485 e. The van der Waals surface area contributed by atoms with Crippen molar-refractivity contribution >= 4 is 17.4 Å². The van der Waals surface area contributed by atoms with Crippen molar-refractivity contribution in [2.24, 2.45) is 4.99 Å². The van der Waals surface area contributed by atoms with Gasteiger partial charge in [0.15, 0.2) is 0 Å². The number of aliphatic imine (C=N–C) groups is 1. The SMILES string of the molecule is O=C(O)CC1=Nc2ccccc2OC1. The summed E-state index contributed by atoms with van der Waals surface area (Å²) in [5.41, 5.74) is 1.26. The van der Waals surface area contributed by atoms with Gasteiger partial charge in [-0.3, -0.25) is 4.79 Å². The Balaban J connectivity index is 2.26. The molecular weight excluding hydrogens is 182 g/mol.